The van der Waals surface area contributed by atoms with E-state index in [1.54, 1.807) is 6.07 Å². The standard InChI is InChI=1S/C24H25F3N4O4/c1-34-20-11-16-17(12-21(20)35-2)28-14-31(23(16)33)13-22(32)29-18-10-15(24(25,26)27)6-7-19(18)30-8-4-3-5-9-30/h6-7,10-12,14H,3-5,8-9,13H2,1-2H3,(H,29,32). The molecule has 1 aliphatic rings. The summed E-state index contributed by atoms with van der Waals surface area (Å²) in [5, 5.41) is 2.79. The number of halogens is 3. The highest BCUT2D eigenvalue weighted by molar-refractivity contribution is 5.94. The number of fused-ring (bicyclic) bond motifs is 1. The number of nitrogens with zero attached hydrogens (tertiary/aromatic N) is 3. The number of carbonyl (C=O) groups is 1. The van der Waals surface area contributed by atoms with Crippen molar-refractivity contribution in [1.29, 1.82) is 0 Å². The Labute approximate surface area is 199 Å². The maximum atomic E-state index is 13.3. The Kier molecular flexibility index (Phi) is 6.86. The fraction of sp³-hybridized carbons (Fsp3) is 0.375. The topological polar surface area (TPSA) is 85.7 Å². The van der Waals surface area contributed by atoms with E-state index in [1.165, 1.54) is 32.7 Å². The van der Waals surface area contributed by atoms with Crippen LogP contribution in [0, 0.1) is 0 Å². The van der Waals surface area contributed by atoms with Crippen LogP contribution in [0.4, 0.5) is 24.5 Å². The van der Waals surface area contributed by atoms with Gasteiger partial charge in [-0.05, 0) is 43.5 Å². The number of anilines is 2. The zero-order valence-electron chi connectivity index (χ0n) is 19.3. The van der Waals surface area contributed by atoms with Crippen molar-refractivity contribution in [3.63, 3.8) is 0 Å². The van der Waals surface area contributed by atoms with Crippen molar-refractivity contribution in [2.45, 2.75) is 32.0 Å². The van der Waals surface area contributed by atoms with Gasteiger partial charge in [-0.1, -0.05) is 0 Å². The van der Waals surface area contributed by atoms with Crippen molar-refractivity contribution in [3.8, 4) is 11.5 Å². The normalized spacial score (nSPS) is 14.1. The molecule has 2 aromatic carbocycles. The van der Waals surface area contributed by atoms with Crippen LogP contribution in [-0.2, 0) is 17.5 Å². The Balaban J connectivity index is 1.63. The van der Waals surface area contributed by atoms with Gasteiger partial charge in [0, 0.05) is 19.2 Å². The number of aromatic nitrogens is 2. The number of methoxy groups -OCH3 is 2. The summed E-state index contributed by atoms with van der Waals surface area (Å²) in [4.78, 5) is 32.0. The van der Waals surface area contributed by atoms with E-state index in [4.69, 9.17) is 9.47 Å². The Morgan fingerprint density at radius 3 is 2.40 bits per heavy atom. The Morgan fingerprint density at radius 1 is 1.06 bits per heavy atom. The number of amides is 1. The molecular weight excluding hydrogens is 465 g/mol. The molecule has 1 N–H and O–H groups in total. The molecule has 1 saturated heterocycles. The second-order valence-electron chi connectivity index (χ2n) is 8.23. The first kappa shape index (κ1) is 24.4. The van der Waals surface area contributed by atoms with E-state index in [-0.39, 0.29) is 11.1 Å². The lowest BCUT2D eigenvalue weighted by Crippen LogP contribution is -2.32. The van der Waals surface area contributed by atoms with Crippen LogP contribution >= 0.6 is 0 Å². The van der Waals surface area contributed by atoms with Crippen LogP contribution in [0.25, 0.3) is 10.9 Å². The molecule has 186 valence electrons. The van der Waals surface area contributed by atoms with E-state index >= 15 is 0 Å². The summed E-state index contributed by atoms with van der Waals surface area (Å²) in [6.07, 6.45) is -0.456. The highest BCUT2D eigenvalue weighted by Crippen LogP contribution is 2.36. The van der Waals surface area contributed by atoms with Crippen LogP contribution in [0.2, 0.25) is 0 Å². The van der Waals surface area contributed by atoms with E-state index in [2.05, 4.69) is 10.3 Å². The molecule has 4 rings (SSSR count). The van der Waals surface area contributed by atoms with E-state index in [9.17, 15) is 22.8 Å². The van der Waals surface area contributed by atoms with Crippen LogP contribution < -0.4 is 25.2 Å². The van der Waals surface area contributed by atoms with E-state index < -0.39 is 29.8 Å². The summed E-state index contributed by atoms with van der Waals surface area (Å²) >= 11 is 0. The molecule has 1 aliphatic heterocycles. The van der Waals surface area contributed by atoms with Gasteiger partial charge in [0.15, 0.2) is 11.5 Å². The Bertz CT molecular complexity index is 1300. The van der Waals surface area contributed by atoms with E-state index in [0.717, 1.165) is 36.0 Å². The number of hydrogen-bond acceptors (Lipinski definition) is 6. The highest BCUT2D eigenvalue weighted by atomic mass is 19.4. The van der Waals surface area contributed by atoms with E-state index in [0.29, 0.717) is 35.8 Å². The highest BCUT2D eigenvalue weighted by Gasteiger charge is 2.32. The number of rotatable bonds is 6. The fourth-order valence-corrected chi connectivity index (χ4v) is 4.17. The molecular formula is C24H25F3N4O4. The molecule has 1 aromatic heterocycles. The summed E-state index contributed by atoms with van der Waals surface area (Å²) in [5.41, 5.74) is -0.424. The number of piperidine rings is 1. The monoisotopic (exact) mass is 490 g/mol. The second kappa shape index (κ2) is 9.85. The summed E-state index contributed by atoms with van der Waals surface area (Å²) in [7, 11) is 2.89. The van der Waals surface area contributed by atoms with Crippen LogP contribution in [0.1, 0.15) is 24.8 Å². The number of nitrogens with one attached hydrogen (secondary N) is 1. The number of benzene rings is 2. The van der Waals surface area contributed by atoms with Gasteiger partial charge in [-0.3, -0.25) is 14.2 Å². The second-order valence-corrected chi connectivity index (χ2v) is 8.23. The van der Waals surface area contributed by atoms with Crippen molar-refractivity contribution < 1.29 is 27.4 Å². The third-order valence-electron chi connectivity index (χ3n) is 5.94. The molecule has 0 bridgehead atoms. The summed E-state index contributed by atoms with van der Waals surface area (Å²) in [6.45, 7) is 0.951. The maximum absolute atomic E-state index is 13.3. The fourth-order valence-electron chi connectivity index (χ4n) is 4.17. The van der Waals surface area contributed by atoms with Gasteiger partial charge >= 0.3 is 6.18 Å². The van der Waals surface area contributed by atoms with Gasteiger partial charge in [-0.2, -0.15) is 13.2 Å². The SMILES string of the molecule is COc1cc2ncn(CC(=O)Nc3cc(C(F)(F)F)ccc3N3CCCCC3)c(=O)c2cc1OC. The van der Waals surface area contributed by atoms with Gasteiger partial charge in [0.25, 0.3) is 5.56 Å². The minimum atomic E-state index is -4.56. The lowest BCUT2D eigenvalue weighted by molar-refractivity contribution is -0.137. The largest absolute Gasteiger partial charge is 0.493 e. The van der Waals surface area contributed by atoms with Gasteiger partial charge in [-0.25, -0.2) is 4.98 Å². The third-order valence-corrected chi connectivity index (χ3v) is 5.94. The number of alkyl halides is 3. The minimum absolute atomic E-state index is 0.0555. The molecule has 1 fully saturated rings. The third kappa shape index (κ3) is 5.18. The molecule has 0 atom stereocenters. The average molecular weight is 490 g/mol. The van der Waals surface area contributed by atoms with Crippen molar-refractivity contribution in [2.75, 3.05) is 37.5 Å². The van der Waals surface area contributed by atoms with Gasteiger partial charge < -0.3 is 19.7 Å². The van der Waals surface area contributed by atoms with Crippen LogP contribution in [0.3, 0.4) is 0 Å². The first-order valence-corrected chi connectivity index (χ1v) is 11.1. The molecule has 1 amide bonds. The molecule has 8 nitrogen and oxygen atoms in total. The van der Waals surface area contributed by atoms with Crippen molar-refractivity contribution in [2.24, 2.45) is 0 Å². The number of ether oxygens (including phenoxy) is 2. The first-order valence-electron chi connectivity index (χ1n) is 11.1. The van der Waals surface area contributed by atoms with Crippen LogP contribution in [0.15, 0.2) is 41.5 Å². The molecule has 0 spiro atoms. The number of carbonyl (C=O) groups excluding carboxylic acids is 1. The minimum Gasteiger partial charge on any atom is -0.493 e. The van der Waals surface area contributed by atoms with Gasteiger partial charge in [0.1, 0.15) is 6.54 Å². The van der Waals surface area contributed by atoms with Crippen molar-refractivity contribution in [1.82, 2.24) is 9.55 Å². The van der Waals surface area contributed by atoms with Crippen LogP contribution in [-0.4, -0.2) is 42.8 Å². The van der Waals surface area contributed by atoms with Gasteiger partial charge in [0.2, 0.25) is 5.91 Å². The molecule has 35 heavy (non-hydrogen) atoms. The van der Waals surface area contributed by atoms with Crippen molar-refractivity contribution in [3.05, 3.63) is 52.6 Å². The van der Waals surface area contributed by atoms with Gasteiger partial charge in [0.05, 0.1) is 48.4 Å². The Morgan fingerprint density at radius 2 is 1.74 bits per heavy atom. The van der Waals surface area contributed by atoms with Crippen LogP contribution in [0.5, 0.6) is 11.5 Å². The molecule has 0 radical (unpaired) electrons. The first-order chi connectivity index (χ1) is 16.7. The molecule has 0 aliphatic carbocycles. The zero-order valence-corrected chi connectivity index (χ0v) is 19.3. The van der Waals surface area contributed by atoms with Crippen molar-refractivity contribution >= 4 is 28.2 Å². The number of hydrogen-bond donors (Lipinski definition) is 1. The lowest BCUT2D eigenvalue weighted by atomic mass is 10.1. The predicted molar refractivity (Wildman–Crippen MR) is 125 cm³/mol. The molecule has 2 heterocycles. The lowest BCUT2D eigenvalue weighted by Gasteiger charge is -2.31. The zero-order chi connectivity index (χ0) is 25.2. The maximum Gasteiger partial charge on any atom is 0.416 e. The Hall–Kier alpha value is -3.76. The summed E-state index contributed by atoms with van der Waals surface area (Å²) < 4.78 is 51.6. The smallest absolute Gasteiger partial charge is 0.416 e. The van der Waals surface area contributed by atoms with Gasteiger partial charge in [-0.15, -0.1) is 0 Å². The molecule has 0 saturated carbocycles. The van der Waals surface area contributed by atoms with E-state index in [1.807, 2.05) is 4.90 Å². The molecule has 0 unspecified atom stereocenters. The quantitative estimate of drug-likeness (QED) is 0.561. The molecule has 3 aromatic rings. The molecule has 11 heteroatoms. The predicted octanol–water partition coefficient (Wildman–Crippen LogP) is 4.06. The summed E-state index contributed by atoms with van der Waals surface area (Å²) in [5.74, 6) is 0.0831. The average Bonchev–Trinajstić information content (AvgIpc) is 2.85. The summed E-state index contributed by atoms with van der Waals surface area (Å²) in [6, 6.07) is 6.35.